The minimum atomic E-state index is -3.25. The van der Waals surface area contributed by atoms with Crippen molar-refractivity contribution in [2.24, 2.45) is 0 Å². The number of halogens is 1. The maximum atomic E-state index is 11.9. The van der Waals surface area contributed by atoms with E-state index in [1.165, 1.54) is 13.2 Å². The fraction of sp³-hybridized carbons (Fsp3) is 0.333. The van der Waals surface area contributed by atoms with Crippen LogP contribution in [-0.4, -0.2) is 37.9 Å². The SMILES string of the molecule is COc1ccc(Cl)cc1-c1cc(=O)[nH]c(=S)n1CCCNS(C)(=O)=O. The zero-order valence-electron chi connectivity index (χ0n) is 13.7. The van der Waals surface area contributed by atoms with Crippen molar-refractivity contribution in [3.63, 3.8) is 0 Å². The summed E-state index contributed by atoms with van der Waals surface area (Å²) in [5, 5.41) is 0.493. The molecule has 0 amide bonds. The molecule has 0 unspecified atom stereocenters. The topological polar surface area (TPSA) is 93.2 Å². The molecule has 0 atom stereocenters. The van der Waals surface area contributed by atoms with Gasteiger partial charge in [-0.1, -0.05) is 11.6 Å². The van der Waals surface area contributed by atoms with Gasteiger partial charge in [0.25, 0.3) is 5.56 Å². The Labute approximate surface area is 155 Å². The van der Waals surface area contributed by atoms with E-state index in [9.17, 15) is 13.2 Å². The standard InChI is InChI=1S/C15H18ClN3O4S2/c1-23-13-5-4-10(16)8-11(13)12-9-14(20)18-15(24)19(12)7-3-6-17-25(2,21)22/h4-5,8-9,17H,3,6-7H2,1-2H3,(H,18,20,24). The average molecular weight is 404 g/mol. The minimum Gasteiger partial charge on any atom is -0.496 e. The molecule has 0 aliphatic heterocycles. The fourth-order valence-corrected chi connectivity index (χ4v) is 3.32. The number of aromatic amines is 1. The summed E-state index contributed by atoms with van der Waals surface area (Å²) in [7, 11) is -1.73. The molecule has 0 saturated heterocycles. The van der Waals surface area contributed by atoms with Crippen molar-refractivity contribution in [1.29, 1.82) is 0 Å². The molecule has 0 spiro atoms. The second-order valence-electron chi connectivity index (χ2n) is 5.34. The van der Waals surface area contributed by atoms with E-state index in [0.717, 1.165) is 6.26 Å². The molecule has 1 heterocycles. The van der Waals surface area contributed by atoms with Crippen molar-refractivity contribution in [3.05, 3.63) is 44.4 Å². The maximum Gasteiger partial charge on any atom is 0.252 e. The number of aromatic nitrogens is 2. The van der Waals surface area contributed by atoms with Crippen LogP contribution in [0.15, 0.2) is 29.1 Å². The second kappa shape index (κ2) is 8.13. The van der Waals surface area contributed by atoms with Crippen LogP contribution in [0.2, 0.25) is 5.02 Å². The zero-order valence-corrected chi connectivity index (χ0v) is 16.1. The van der Waals surface area contributed by atoms with E-state index in [2.05, 4.69) is 9.71 Å². The Morgan fingerprint density at radius 2 is 2.08 bits per heavy atom. The van der Waals surface area contributed by atoms with Gasteiger partial charge in [-0.05, 0) is 36.8 Å². The first-order valence-electron chi connectivity index (χ1n) is 7.34. The summed E-state index contributed by atoms with van der Waals surface area (Å²) in [6.45, 7) is 0.662. The number of benzene rings is 1. The van der Waals surface area contributed by atoms with Crippen LogP contribution < -0.4 is 15.0 Å². The van der Waals surface area contributed by atoms with Crippen molar-refractivity contribution in [2.75, 3.05) is 19.9 Å². The number of H-pyrrole nitrogens is 1. The largest absolute Gasteiger partial charge is 0.496 e. The van der Waals surface area contributed by atoms with Gasteiger partial charge in [-0.2, -0.15) is 0 Å². The molecule has 2 rings (SSSR count). The van der Waals surface area contributed by atoms with Gasteiger partial charge >= 0.3 is 0 Å². The van der Waals surface area contributed by atoms with Crippen molar-refractivity contribution in [2.45, 2.75) is 13.0 Å². The van der Waals surface area contributed by atoms with E-state index in [0.29, 0.717) is 35.0 Å². The monoisotopic (exact) mass is 403 g/mol. The highest BCUT2D eigenvalue weighted by Gasteiger charge is 2.13. The van der Waals surface area contributed by atoms with Gasteiger partial charge < -0.3 is 9.30 Å². The van der Waals surface area contributed by atoms with Crippen LogP contribution in [0.4, 0.5) is 0 Å². The second-order valence-corrected chi connectivity index (χ2v) is 8.00. The first-order valence-corrected chi connectivity index (χ1v) is 10.0. The highest BCUT2D eigenvalue weighted by Crippen LogP contribution is 2.32. The number of rotatable bonds is 7. The Bertz CT molecular complexity index is 983. The molecule has 0 aliphatic rings. The normalized spacial score (nSPS) is 11.5. The van der Waals surface area contributed by atoms with Crippen molar-refractivity contribution in [3.8, 4) is 17.0 Å². The number of nitrogens with one attached hydrogen (secondary N) is 2. The summed E-state index contributed by atoms with van der Waals surface area (Å²) in [4.78, 5) is 14.4. The molecule has 136 valence electrons. The van der Waals surface area contributed by atoms with Gasteiger partial charge in [-0.15, -0.1) is 0 Å². The third kappa shape index (κ3) is 5.40. The molecule has 0 fully saturated rings. The summed E-state index contributed by atoms with van der Waals surface area (Å²) in [5.74, 6) is 0.549. The minimum absolute atomic E-state index is 0.240. The molecule has 0 saturated carbocycles. The summed E-state index contributed by atoms with van der Waals surface area (Å²) in [6, 6.07) is 6.49. The predicted molar refractivity (Wildman–Crippen MR) is 100 cm³/mol. The predicted octanol–water partition coefficient (Wildman–Crippen LogP) is 2.17. The Hall–Kier alpha value is -1.68. The first-order chi connectivity index (χ1) is 11.7. The van der Waals surface area contributed by atoms with Gasteiger partial charge in [0.05, 0.1) is 19.1 Å². The molecule has 2 N–H and O–H groups in total. The first kappa shape index (κ1) is 19.6. The fourth-order valence-electron chi connectivity index (χ4n) is 2.34. The van der Waals surface area contributed by atoms with Crippen LogP contribution in [0.3, 0.4) is 0 Å². The Morgan fingerprint density at radius 3 is 2.72 bits per heavy atom. The van der Waals surface area contributed by atoms with Gasteiger partial charge in [0.1, 0.15) is 5.75 Å². The lowest BCUT2D eigenvalue weighted by Gasteiger charge is -2.16. The number of nitrogens with zero attached hydrogens (tertiary/aromatic N) is 1. The van der Waals surface area contributed by atoms with Crippen molar-refractivity contribution < 1.29 is 13.2 Å². The molecule has 2 aromatic rings. The van der Waals surface area contributed by atoms with E-state index in [1.54, 1.807) is 22.8 Å². The van der Waals surface area contributed by atoms with Crippen molar-refractivity contribution in [1.82, 2.24) is 14.3 Å². The number of hydrogen-bond donors (Lipinski definition) is 2. The van der Waals surface area contributed by atoms with Crippen LogP contribution in [-0.2, 0) is 16.6 Å². The molecule has 10 heteroatoms. The van der Waals surface area contributed by atoms with E-state index in [-0.39, 0.29) is 16.9 Å². The van der Waals surface area contributed by atoms with Crippen LogP contribution in [0, 0.1) is 4.77 Å². The lowest BCUT2D eigenvalue weighted by molar-refractivity contribution is 0.416. The van der Waals surface area contributed by atoms with Crippen LogP contribution in [0.25, 0.3) is 11.3 Å². The molecule has 0 bridgehead atoms. The Balaban J connectivity index is 2.43. The molecule has 7 nitrogen and oxygen atoms in total. The number of ether oxygens (including phenoxy) is 1. The van der Waals surface area contributed by atoms with Gasteiger partial charge in [0.2, 0.25) is 10.0 Å². The smallest absolute Gasteiger partial charge is 0.252 e. The highest BCUT2D eigenvalue weighted by atomic mass is 35.5. The average Bonchev–Trinajstić information content (AvgIpc) is 2.51. The Kier molecular flexibility index (Phi) is 6.39. The van der Waals surface area contributed by atoms with Gasteiger partial charge in [-0.3, -0.25) is 9.78 Å². The molecule has 25 heavy (non-hydrogen) atoms. The van der Waals surface area contributed by atoms with E-state index in [1.807, 2.05) is 0 Å². The highest BCUT2D eigenvalue weighted by molar-refractivity contribution is 7.88. The van der Waals surface area contributed by atoms with Gasteiger partial charge in [0.15, 0.2) is 4.77 Å². The lowest BCUT2D eigenvalue weighted by atomic mass is 10.1. The van der Waals surface area contributed by atoms with Gasteiger partial charge in [-0.25, -0.2) is 13.1 Å². The summed E-state index contributed by atoms with van der Waals surface area (Å²) >= 11 is 11.3. The van der Waals surface area contributed by atoms with E-state index < -0.39 is 10.0 Å². The van der Waals surface area contributed by atoms with Crippen LogP contribution in [0.5, 0.6) is 5.75 Å². The molecular weight excluding hydrogens is 386 g/mol. The number of hydrogen-bond acceptors (Lipinski definition) is 5. The van der Waals surface area contributed by atoms with Gasteiger partial charge in [0, 0.05) is 29.7 Å². The van der Waals surface area contributed by atoms with Crippen LogP contribution >= 0.6 is 23.8 Å². The quantitative estimate of drug-likeness (QED) is 0.546. The molecular formula is C15H18ClN3O4S2. The zero-order chi connectivity index (χ0) is 18.6. The maximum absolute atomic E-state index is 11.9. The molecule has 0 radical (unpaired) electrons. The van der Waals surface area contributed by atoms with E-state index in [4.69, 9.17) is 28.6 Å². The van der Waals surface area contributed by atoms with E-state index >= 15 is 0 Å². The molecule has 1 aromatic carbocycles. The lowest BCUT2D eigenvalue weighted by Crippen LogP contribution is -2.24. The van der Waals surface area contributed by atoms with Crippen molar-refractivity contribution >= 4 is 33.8 Å². The third-order valence-electron chi connectivity index (χ3n) is 3.39. The number of methoxy groups -OCH3 is 1. The summed E-state index contributed by atoms with van der Waals surface area (Å²) in [5.41, 5.74) is 0.836. The third-order valence-corrected chi connectivity index (χ3v) is 4.68. The summed E-state index contributed by atoms with van der Waals surface area (Å²) in [6.07, 6.45) is 1.59. The summed E-state index contributed by atoms with van der Waals surface area (Å²) < 4.78 is 32.0. The molecule has 1 aromatic heterocycles. The molecule has 0 aliphatic carbocycles. The van der Waals surface area contributed by atoms with Crippen LogP contribution in [0.1, 0.15) is 6.42 Å². The number of sulfonamides is 1. The Morgan fingerprint density at radius 1 is 1.36 bits per heavy atom.